The Labute approximate surface area is 440 Å². The molecule has 0 amide bonds. The lowest BCUT2D eigenvalue weighted by Crippen LogP contribution is -2.61. The van der Waals surface area contributed by atoms with Crippen molar-refractivity contribution in [2.75, 3.05) is 14.7 Å². The molecule has 0 atom stereocenters. The van der Waals surface area contributed by atoms with E-state index in [0.29, 0.717) is 5.69 Å². The fourth-order valence-corrected chi connectivity index (χ4v) is 13.1. The molecule has 4 aliphatic rings. The molecule has 8 aromatic rings. The number of anilines is 9. The Bertz CT molecular complexity index is 3570. The minimum atomic E-state index is -0.286. The first-order valence-electron chi connectivity index (χ1n) is 27.2. The maximum atomic E-state index is 16.8. The third kappa shape index (κ3) is 7.50. The van der Waals surface area contributed by atoms with Crippen molar-refractivity contribution >= 4 is 85.5 Å². The number of hydrogen-bond donors (Lipinski definition) is 0. The van der Waals surface area contributed by atoms with Crippen LogP contribution in [0, 0.1) is 5.82 Å². The van der Waals surface area contributed by atoms with Gasteiger partial charge in [-0.25, -0.2) is 4.39 Å². The molecule has 1 aromatic heterocycles. The summed E-state index contributed by atoms with van der Waals surface area (Å²) in [6.45, 7) is 32.9. The predicted molar refractivity (Wildman–Crippen MR) is 313 cm³/mol. The molecule has 0 bridgehead atoms. The highest BCUT2D eigenvalue weighted by molar-refractivity contribution is 7.00. The molecule has 4 nitrogen and oxygen atoms in total. The lowest BCUT2D eigenvalue weighted by atomic mass is 9.35. The van der Waals surface area contributed by atoms with E-state index in [4.69, 9.17) is 4.42 Å². The average Bonchev–Trinajstić information content (AvgIpc) is 3.74. The standard InChI is InChI=1S/C68H73BFN3O/c1-63(2,3)42-24-27-45(28-25-42)73-58-39-47(71(44-20-16-15-17-21-44)55-23-19-18-22-54(55)70)38-57-60(58)69(62-61(73)48-36-43(64(4,5)6)26-31-59(48)74-62)53-40-51-52(68(13,14)35-34-67(51,11)12)41-56(53)72(57)46-29-30-49-50(37-46)66(9,10)33-32-65(49,7)8/h15-31,36-41H,32-35H2,1-14H3. The summed E-state index contributed by atoms with van der Waals surface area (Å²) in [4.78, 5) is 7.19. The Morgan fingerprint density at radius 2 is 1.04 bits per heavy atom. The second-order valence-electron chi connectivity index (χ2n) is 26.9. The van der Waals surface area contributed by atoms with Crippen LogP contribution in [0.25, 0.3) is 11.0 Å². The maximum absolute atomic E-state index is 16.8. The molecule has 0 saturated heterocycles. The lowest BCUT2D eigenvalue weighted by Gasteiger charge is -2.47. The quantitative estimate of drug-likeness (QED) is 0.160. The van der Waals surface area contributed by atoms with Crippen molar-refractivity contribution in [1.82, 2.24) is 0 Å². The van der Waals surface area contributed by atoms with Gasteiger partial charge in [0.05, 0.1) is 22.7 Å². The van der Waals surface area contributed by atoms with Crippen molar-refractivity contribution < 1.29 is 8.81 Å². The van der Waals surface area contributed by atoms with Crippen LogP contribution in [0.1, 0.15) is 156 Å². The Balaban J connectivity index is 1.26. The Kier molecular flexibility index (Phi) is 10.6. The van der Waals surface area contributed by atoms with Crippen molar-refractivity contribution in [3.63, 3.8) is 0 Å². The van der Waals surface area contributed by atoms with Gasteiger partial charge in [0.15, 0.2) is 0 Å². The SMILES string of the molecule is CC(C)(C)c1ccc(N2c3cc(N(c4ccccc4)c4ccccc4F)cc4c3B(c3cc5c(cc3N4c3ccc4c(c3)C(C)(C)CCC4(C)C)C(C)(C)CCC5(C)C)c3oc4ccc(C(C)(C)C)cc4c32)cc1. The maximum Gasteiger partial charge on any atom is 0.297 e. The summed E-state index contributed by atoms with van der Waals surface area (Å²) in [7, 11) is 0. The predicted octanol–water partition coefficient (Wildman–Crippen LogP) is 17.4. The summed E-state index contributed by atoms with van der Waals surface area (Å²) in [6.07, 6.45) is 4.46. The van der Waals surface area contributed by atoms with Gasteiger partial charge in [-0.1, -0.05) is 158 Å². The molecule has 12 rings (SSSR count). The van der Waals surface area contributed by atoms with E-state index in [2.05, 4.69) is 209 Å². The van der Waals surface area contributed by atoms with Crippen molar-refractivity contribution in [3.05, 3.63) is 179 Å². The highest BCUT2D eigenvalue weighted by atomic mass is 19.1. The van der Waals surface area contributed by atoms with Crippen LogP contribution >= 0.6 is 0 Å². The Hall–Kier alpha value is -6.53. The van der Waals surface area contributed by atoms with Crippen LogP contribution in [0.3, 0.4) is 0 Å². The molecular weight excluding hydrogens is 905 g/mol. The third-order valence-electron chi connectivity index (χ3n) is 17.9. The number of halogens is 1. The molecule has 0 spiro atoms. The summed E-state index contributed by atoms with van der Waals surface area (Å²) in [5, 5.41) is 1.09. The third-order valence-corrected chi connectivity index (χ3v) is 17.9. The molecule has 0 radical (unpaired) electrons. The van der Waals surface area contributed by atoms with Crippen molar-refractivity contribution in [2.45, 2.75) is 155 Å². The van der Waals surface area contributed by atoms with Crippen molar-refractivity contribution in [3.8, 4) is 0 Å². The molecular formula is C68H73BFN3O. The van der Waals surface area contributed by atoms with Gasteiger partial charge in [0, 0.05) is 39.5 Å². The molecule has 6 heteroatoms. The highest BCUT2D eigenvalue weighted by Gasteiger charge is 2.50. The fraction of sp³-hybridized carbons (Fsp3) is 0.353. The van der Waals surface area contributed by atoms with E-state index in [-0.39, 0.29) is 45.0 Å². The summed E-state index contributed by atoms with van der Waals surface area (Å²) < 4.78 is 24.3. The van der Waals surface area contributed by atoms with E-state index in [9.17, 15) is 0 Å². The zero-order valence-electron chi connectivity index (χ0n) is 46.3. The second-order valence-corrected chi connectivity index (χ2v) is 26.9. The molecule has 2 aliphatic carbocycles. The van der Waals surface area contributed by atoms with Gasteiger partial charge in [-0.05, 0) is 181 Å². The van der Waals surface area contributed by atoms with Gasteiger partial charge in [0.25, 0.3) is 6.71 Å². The molecule has 0 saturated carbocycles. The fourth-order valence-electron chi connectivity index (χ4n) is 13.1. The van der Waals surface area contributed by atoms with Gasteiger partial charge in [-0.15, -0.1) is 0 Å². The molecule has 0 unspecified atom stereocenters. The molecule has 74 heavy (non-hydrogen) atoms. The zero-order chi connectivity index (χ0) is 52.2. The smallest absolute Gasteiger partial charge is 0.297 e. The number of nitrogens with zero attached hydrogens (tertiary/aromatic N) is 3. The summed E-state index contributed by atoms with van der Waals surface area (Å²) in [5.74, 6) is -0.286. The Morgan fingerprint density at radius 1 is 0.500 bits per heavy atom. The Morgan fingerprint density at radius 3 is 1.66 bits per heavy atom. The van der Waals surface area contributed by atoms with Gasteiger partial charge in [0.1, 0.15) is 11.4 Å². The van der Waals surface area contributed by atoms with Crippen LogP contribution in [0.2, 0.25) is 0 Å². The largest absolute Gasteiger partial charge is 0.468 e. The number of benzene rings is 7. The van der Waals surface area contributed by atoms with Gasteiger partial charge in [-0.3, -0.25) is 0 Å². The molecule has 3 heterocycles. The van der Waals surface area contributed by atoms with Gasteiger partial charge in [-0.2, -0.15) is 0 Å². The van der Waals surface area contributed by atoms with Crippen LogP contribution in [-0.4, -0.2) is 6.71 Å². The highest BCUT2D eigenvalue weighted by Crippen LogP contribution is 2.55. The average molecular weight is 978 g/mol. The van der Waals surface area contributed by atoms with E-state index >= 15 is 4.39 Å². The van der Waals surface area contributed by atoms with Gasteiger partial charge >= 0.3 is 0 Å². The first-order valence-corrected chi connectivity index (χ1v) is 27.2. The summed E-state index contributed by atoms with van der Waals surface area (Å²) in [5.41, 5.74) is 21.0. The lowest BCUT2D eigenvalue weighted by molar-refractivity contribution is 0.332. The number of hydrogen-bond acceptors (Lipinski definition) is 4. The molecule has 376 valence electrons. The van der Waals surface area contributed by atoms with Crippen LogP contribution < -0.4 is 31.3 Å². The molecule has 2 aliphatic heterocycles. The zero-order valence-corrected chi connectivity index (χ0v) is 46.3. The summed E-state index contributed by atoms with van der Waals surface area (Å²) in [6, 6.07) is 50.7. The van der Waals surface area contributed by atoms with Gasteiger partial charge in [0.2, 0.25) is 0 Å². The molecule has 7 aromatic carbocycles. The normalized spacial score (nSPS) is 17.8. The van der Waals surface area contributed by atoms with E-state index in [0.717, 1.165) is 82.1 Å². The van der Waals surface area contributed by atoms with E-state index < -0.39 is 0 Å². The minimum Gasteiger partial charge on any atom is -0.468 e. The van der Waals surface area contributed by atoms with Crippen LogP contribution in [0.5, 0.6) is 0 Å². The second kappa shape index (κ2) is 16.2. The number of para-hydroxylation sites is 2. The van der Waals surface area contributed by atoms with Crippen LogP contribution in [-0.2, 0) is 32.5 Å². The molecule has 0 N–H and O–H groups in total. The van der Waals surface area contributed by atoms with E-state index in [1.807, 2.05) is 30.3 Å². The first-order chi connectivity index (χ1) is 34.8. The minimum absolute atomic E-state index is 0.0226. The van der Waals surface area contributed by atoms with Gasteiger partial charge < -0.3 is 19.1 Å². The number of rotatable bonds is 5. The number of fused-ring (bicyclic) bond motifs is 8. The summed E-state index contributed by atoms with van der Waals surface area (Å²) >= 11 is 0. The first kappa shape index (κ1) is 48.4. The monoisotopic (exact) mass is 978 g/mol. The number of furan rings is 1. The van der Waals surface area contributed by atoms with Crippen molar-refractivity contribution in [2.24, 2.45) is 0 Å². The van der Waals surface area contributed by atoms with E-state index in [1.54, 1.807) is 12.1 Å². The van der Waals surface area contributed by atoms with Crippen LogP contribution in [0.4, 0.5) is 55.6 Å². The van der Waals surface area contributed by atoms with Crippen LogP contribution in [0.15, 0.2) is 144 Å². The van der Waals surface area contributed by atoms with E-state index in [1.165, 1.54) is 50.0 Å². The topological polar surface area (TPSA) is 22.9 Å². The van der Waals surface area contributed by atoms with Crippen molar-refractivity contribution in [1.29, 1.82) is 0 Å². The molecule has 0 fully saturated rings.